The zero-order valence-corrected chi connectivity index (χ0v) is 16.2. The predicted octanol–water partition coefficient (Wildman–Crippen LogP) is 3.55. The normalized spacial score (nSPS) is 11.1. The van der Waals surface area contributed by atoms with Gasteiger partial charge < -0.3 is 5.32 Å². The van der Waals surface area contributed by atoms with Gasteiger partial charge in [-0.2, -0.15) is 0 Å². The van der Waals surface area contributed by atoms with Gasteiger partial charge in [0.15, 0.2) is 0 Å². The minimum absolute atomic E-state index is 0.0687. The van der Waals surface area contributed by atoms with Crippen LogP contribution in [-0.4, -0.2) is 14.3 Å². The zero-order chi connectivity index (χ0) is 19.1. The number of thiophene rings is 1. The Labute approximate surface area is 163 Å². The van der Waals surface area contributed by atoms with Crippen molar-refractivity contribution in [3.63, 3.8) is 0 Å². The molecule has 1 heterocycles. The lowest BCUT2D eigenvalue weighted by atomic mass is 10.1. The molecule has 0 bridgehead atoms. The van der Waals surface area contributed by atoms with Crippen LogP contribution in [0.1, 0.15) is 16.0 Å². The smallest absolute Gasteiger partial charge is 0.236 e. The number of hydrogen-bond donors (Lipinski definition) is 2. The Balaban J connectivity index is 1.52. The first-order chi connectivity index (χ1) is 13.0. The maximum Gasteiger partial charge on any atom is 0.236 e. The van der Waals surface area contributed by atoms with Gasteiger partial charge in [0, 0.05) is 10.6 Å². The summed E-state index contributed by atoms with van der Waals surface area (Å²) >= 11 is 1.60. The molecule has 140 valence electrons. The van der Waals surface area contributed by atoms with Crippen LogP contribution < -0.4 is 10.0 Å². The van der Waals surface area contributed by atoms with E-state index in [0.29, 0.717) is 12.2 Å². The number of benzene rings is 2. The molecule has 1 aromatic heterocycles. The quantitative estimate of drug-likeness (QED) is 0.607. The van der Waals surface area contributed by atoms with Crippen molar-refractivity contribution < 1.29 is 13.2 Å². The van der Waals surface area contributed by atoms with Crippen LogP contribution >= 0.6 is 11.3 Å². The lowest BCUT2D eigenvalue weighted by Crippen LogP contribution is -2.24. The van der Waals surface area contributed by atoms with Crippen molar-refractivity contribution in [2.24, 2.45) is 0 Å². The highest BCUT2D eigenvalue weighted by molar-refractivity contribution is 7.91. The Morgan fingerprint density at radius 1 is 0.889 bits per heavy atom. The topological polar surface area (TPSA) is 75.3 Å². The van der Waals surface area contributed by atoms with Gasteiger partial charge in [-0.15, -0.1) is 11.3 Å². The van der Waals surface area contributed by atoms with E-state index in [2.05, 4.69) is 10.0 Å². The average Bonchev–Trinajstić information content (AvgIpc) is 3.15. The number of sulfonamides is 1. The van der Waals surface area contributed by atoms with Crippen LogP contribution in [-0.2, 0) is 33.5 Å². The molecule has 2 aromatic carbocycles. The summed E-state index contributed by atoms with van der Waals surface area (Å²) in [5.74, 6) is -0.151. The van der Waals surface area contributed by atoms with Gasteiger partial charge in [-0.1, -0.05) is 48.5 Å². The first-order valence-electron chi connectivity index (χ1n) is 8.43. The van der Waals surface area contributed by atoms with Gasteiger partial charge >= 0.3 is 0 Å². The summed E-state index contributed by atoms with van der Waals surface area (Å²) in [5, 5.41) is 4.84. The van der Waals surface area contributed by atoms with Gasteiger partial charge in [-0.25, -0.2) is 8.42 Å². The second-order valence-electron chi connectivity index (χ2n) is 6.08. The number of amides is 1. The Kier molecular flexibility index (Phi) is 6.26. The third kappa shape index (κ3) is 6.23. The van der Waals surface area contributed by atoms with E-state index in [1.807, 2.05) is 35.7 Å². The Morgan fingerprint density at radius 2 is 1.63 bits per heavy atom. The van der Waals surface area contributed by atoms with Crippen LogP contribution in [0, 0.1) is 0 Å². The molecule has 2 N–H and O–H groups in total. The molecule has 1 amide bonds. The van der Waals surface area contributed by atoms with E-state index in [0.717, 1.165) is 16.0 Å². The van der Waals surface area contributed by atoms with Crippen LogP contribution in [0.5, 0.6) is 0 Å². The van der Waals surface area contributed by atoms with Crippen LogP contribution in [0.3, 0.4) is 0 Å². The number of nitrogens with one attached hydrogen (secondary N) is 2. The van der Waals surface area contributed by atoms with Crippen LogP contribution in [0.15, 0.2) is 72.1 Å². The molecule has 0 aliphatic carbocycles. The molecule has 0 fully saturated rings. The van der Waals surface area contributed by atoms with Crippen molar-refractivity contribution in [3.8, 4) is 0 Å². The number of rotatable bonds is 8. The van der Waals surface area contributed by atoms with Gasteiger partial charge in [0.25, 0.3) is 0 Å². The molecule has 0 atom stereocenters. The lowest BCUT2D eigenvalue weighted by Gasteiger charge is -2.09. The van der Waals surface area contributed by atoms with E-state index >= 15 is 0 Å². The van der Waals surface area contributed by atoms with Crippen molar-refractivity contribution in [3.05, 3.63) is 88.1 Å². The number of anilines is 1. The molecule has 0 aliphatic heterocycles. The summed E-state index contributed by atoms with van der Waals surface area (Å²) in [6.45, 7) is 0.522. The summed E-state index contributed by atoms with van der Waals surface area (Å²) in [4.78, 5) is 13.1. The van der Waals surface area contributed by atoms with Gasteiger partial charge in [-0.05, 0) is 34.7 Å². The second-order valence-corrected chi connectivity index (χ2v) is 8.83. The molecule has 0 aliphatic rings. The van der Waals surface area contributed by atoms with Gasteiger partial charge in [-0.3, -0.25) is 9.52 Å². The number of carbonyl (C=O) groups is 1. The summed E-state index contributed by atoms with van der Waals surface area (Å²) in [7, 11) is -3.49. The van der Waals surface area contributed by atoms with E-state index in [1.165, 1.54) is 0 Å². The molecule has 3 rings (SSSR count). The molecule has 0 radical (unpaired) electrons. The maximum atomic E-state index is 12.3. The third-order valence-corrected chi connectivity index (χ3v) is 5.97. The van der Waals surface area contributed by atoms with Crippen molar-refractivity contribution in [2.45, 2.75) is 18.7 Å². The van der Waals surface area contributed by atoms with E-state index in [-0.39, 0.29) is 18.1 Å². The van der Waals surface area contributed by atoms with E-state index in [9.17, 15) is 13.2 Å². The number of carbonyl (C=O) groups excluding carboxylic acids is 1. The second kappa shape index (κ2) is 8.83. The fourth-order valence-electron chi connectivity index (χ4n) is 2.55. The first kappa shape index (κ1) is 19.1. The standard InChI is InChI=1S/C20H20N2O3S2/c23-20(21-14-19-7-4-12-26-19)13-16-8-10-18(11-9-16)22-27(24,25)15-17-5-2-1-3-6-17/h1-12,22H,13-15H2,(H,21,23). The third-order valence-electron chi connectivity index (χ3n) is 3.83. The average molecular weight is 401 g/mol. The number of hydrogen-bond acceptors (Lipinski definition) is 4. The largest absolute Gasteiger partial charge is 0.351 e. The lowest BCUT2D eigenvalue weighted by molar-refractivity contribution is -0.120. The van der Waals surface area contributed by atoms with Crippen LogP contribution in [0.4, 0.5) is 5.69 Å². The fraction of sp³-hybridized carbons (Fsp3) is 0.150. The van der Waals surface area contributed by atoms with E-state index in [4.69, 9.17) is 0 Å². The molecular formula is C20H20N2O3S2. The highest BCUT2D eigenvalue weighted by atomic mass is 32.2. The summed E-state index contributed by atoms with van der Waals surface area (Å²) < 4.78 is 27.1. The van der Waals surface area contributed by atoms with E-state index in [1.54, 1.807) is 47.7 Å². The molecule has 7 heteroatoms. The molecule has 0 unspecified atom stereocenters. The Morgan fingerprint density at radius 3 is 2.30 bits per heavy atom. The summed E-state index contributed by atoms with van der Waals surface area (Å²) in [6.07, 6.45) is 0.252. The molecule has 0 saturated heterocycles. The molecule has 0 spiro atoms. The van der Waals surface area contributed by atoms with E-state index < -0.39 is 10.0 Å². The van der Waals surface area contributed by atoms with Crippen molar-refractivity contribution in [1.29, 1.82) is 0 Å². The Bertz CT molecular complexity index is 968. The minimum atomic E-state index is -3.49. The summed E-state index contributed by atoms with van der Waals surface area (Å²) in [5.41, 5.74) is 2.03. The van der Waals surface area contributed by atoms with Crippen molar-refractivity contribution >= 4 is 33.0 Å². The molecular weight excluding hydrogens is 380 g/mol. The molecule has 3 aromatic rings. The zero-order valence-electron chi connectivity index (χ0n) is 14.6. The monoisotopic (exact) mass is 400 g/mol. The van der Waals surface area contributed by atoms with Crippen LogP contribution in [0.25, 0.3) is 0 Å². The maximum absolute atomic E-state index is 12.3. The molecule has 0 saturated carbocycles. The highest BCUT2D eigenvalue weighted by Crippen LogP contribution is 2.15. The molecule has 27 heavy (non-hydrogen) atoms. The van der Waals surface area contributed by atoms with Gasteiger partial charge in [0.2, 0.25) is 15.9 Å². The predicted molar refractivity (Wildman–Crippen MR) is 109 cm³/mol. The van der Waals surface area contributed by atoms with Gasteiger partial charge in [0.1, 0.15) is 0 Å². The first-order valence-corrected chi connectivity index (χ1v) is 11.0. The highest BCUT2D eigenvalue weighted by Gasteiger charge is 2.12. The van der Waals surface area contributed by atoms with Crippen molar-refractivity contribution in [2.75, 3.05) is 4.72 Å². The summed E-state index contributed by atoms with van der Waals surface area (Å²) in [6, 6.07) is 19.8. The molecule has 5 nitrogen and oxygen atoms in total. The SMILES string of the molecule is O=C(Cc1ccc(NS(=O)(=O)Cc2ccccc2)cc1)NCc1cccs1. The van der Waals surface area contributed by atoms with Gasteiger partial charge in [0.05, 0.1) is 18.7 Å². The fourth-order valence-corrected chi connectivity index (χ4v) is 4.39. The minimum Gasteiger partial charge on any atom is -0.351 e. The van der Waals surface area contributed by atoms with Crippen LogP contribution in [0.2, 0.25) is 0 Å². The van der Waals surface area contributed by atoms with Crippen molar-refractivity contribution in [1.82, 2.24) is 5.32 Å². The Hall–Kier alpha value is -2.64.